The average molecular weight is 380 g/mol. The van der Waals surface area contributed by atoms with Gasteiger partial charge in [-0.25, -0.2) is 5.43 Å². The van der Waals surface area contributed by atoms with E-state index >= 15 is 0 Å². The van der Waals surface area contributed by atoms with Crippen LogP contribution in [0, 0.1) is 17.8 Å². The van der Waals surface area contributed by atoms with Crippen molar-refractivity contribution in [3.8, 4) is 0 Å². The van der Waals surface area contributed by atoms with Gasteiger partial charge in [-0.15, -0.1) is 9.89 Å². The van der Waals surface area contributed by atoms with Crippen LogP contribution >= 0.6 is 0 Å². The third kappa shape index (κ3) is 3.19. The quantitative estimate of drug-likeness (QED) is 0.884. The van der Waals surface area contributed by atoms with Crippen LogP contribution in [0.4, 0.5) is 5.82 Å². The Labute approximate surface area is 164 Å². The van der Waals surface area contributed by atoms with Gasteiger partial charge in [-0.3, -0.25) is 9.59 Å². The number of aromatic nitrogens is 2. The number of rotatable bonds is 4. The molecule has 5 rings (SSSR count). The van der Waals surface area contributed by atoms with Crippen LogP contribution in [0.3, 0.4) is 0 Å². The number of nitrogens with one attached hydrogen (secondary N) is 1. The normalized spacial score (nSPS) is 26.7. The first-order valence-corrected chi connectivity index (χ1v) is 10.8. The van der Waals surface area contributed by atoms with Gasteiger partial charge in [-0.05, 0) is 62.3 Å². The fraction of sp³-hybridized carbons (Fsp3) is 0.591. The van der Waals surface area contributed by atoms with Gasteiger partial charge < -0.3 is 4.90 Å². The number of carbonyl (C=O) groups excluding carboxylic acids is 1. The lowest BCUT2D eigenvalue weighted by Crippen LogP contribution is -2.39. The molecule has 1 aromatic carbocycles. The number of amides is 1. The minimum Gasteiger partial charge on any atom is -0.355 e. The molecule has 1 N–H and O–H groups in total. The van der Waals surface area contributed by atoms with Gasteiger partial charge in [-0.2, -0.15) is 0 Å². The fourth-order valence-corrected chi connectivity index (χ4v) is 5.62. The average Bonchev–Trinajstić information content (AvgIpc) is 3.34. The van der Waals surface area contributed by atoms with E-state index < -0.39 is 0 Å². The van der Waals surface area contributed by atoms with E-state index in [1.165, 1.54) is 30.5 Å². The number of nitrogens with zero attached hydrogens (tertiary/aromatic N) is 3. The number of hydrogen-bond acceptors (Lipinski definition) is 4. The smallest absolute Gasteiger partial charge is 0.294 e. The largest absolute Gasteiger partial charge is 0.355 e. The minimum atomic E-state index is -0.252. The Kier molecular flexibility index (Phi) is 4.57. The van der Waals surface area contributed by atoms with Crippen molar-refractivity contribution in [1.82, 2.24) is 9.89 Å². The molecule has 2 saturated carbocycles. The molecule has 3 fully saturated rings. The third-order valence-electron chi connectivity index (χ3n) is 7.00. The zero-order valence-electron chi connectivity index (χ0n) is 16.3. The summed E-state index contributed by atoms with van der Waals surface area (Å²) >= 11 is 0. The predicted molar refractivity (Wildman–Crippen MR) is 110 cm³/mol. The molecule has 0 spiro atoms. The second-order valence-electron chi connectivity index (χ2n) is 8.81. The standard InChI is InChI=1S/C22H28N4O2/c27-20(14-17-13-15-8-9-16(17)12-15)23-26-22(28)19-7-3-2-6-18(19)21(24-26)25-10-4-1-5-11-25/h2-3,6-7,15-17H,1,4-5,8-14H2,(H,23,27). The highest BCUT2D eigenvalue weighted by molar-refractivity contribution is 5.92. The molecule has 2 aliphatic carbocycles. The summed E-state index contributed by atoms with van der Waals surface area (Å²) in [5, 5.41) is 6.06. The maximum atomic E-state index is 12.9. The monoisotopic (exact) mass is 380 g/mol. The van der Waals surface area contributed by atoms with E-state index in [2.05, 4.69) is 15.4 Å². The molecule has 3 atom stereocenters. The van der Waals surface area contributed by atoms with Crippen LogP contribution < -0.4 is 15.9 Å². The predicted octanol–water partition coefficient (Wildman–Crippen LogP) is 3.28. The van der Waals surface area contributed by atoms with E-state index in [-0.39, 0.29) is 11.5 Å². The zero-order valence-corrected chi connectivity index (χ0v) is 16.3. The molecule has 6 heteroatoms. The Bertz CT molecular complexity index is 947. The van der Waals surface area contributed by atoms with Crippen LogP contribution in [0.1, 0.15) is 51.4 Å². The lowest BCUT2D eigenvalue weighted by Gasteiger charge is -2.29. The molecule has 3 aliphatic rings. The van der Waals surface area contributed by atoms with E-state index in [0.29, 0.717) is 23.6 Å². The van der Waals surface area contributed by atoms with Gasteiger partial charge >= 0.3 is 0 Å². The van der Waals surface area contributed by atoms with E-state index in [4.69, 9.17) is 0 Å². The molecule has 28 heavy (non-hydrogen) atoms. The second-order valence-corrected chi connectivity index (χ2v) is 8.81. The fourth-order valence-electron chi connectivity index (χ4n) is 5.62. The van der Waals surface area contributed by atoms with Gasteiger partial charge in [0.25, 0.3) is 5.56 Å². The van der Waals surface area contributed by atoms with Gasteiger partial charge in [0.2, 0.25) is 5.91 Å². The van der Waals surface area contributed by atoms with Crippen LogP contribution in [-0.4, -0.2) is 28.9 Å². The van der Waals surface area contributed by atoms with Gasteiger partial charge in [0.15, 0.2) is 5.82 Å². The number of carbonyl (C=O) groups is 1. The van der Waals surface area contributed by atoms with Crippen molar-refractivity contribution >= 4 is 22.5 Å². The van der Waals surface area contributed by atoms with Crippen molar-refractivity contribution < 1.29 is 4.79 Å². The molecular weight excluding hydrogens is 352 g/mol. The molecule has 6 nitrogen and oxygen atoms in total. The molecule has 1 aliphatic heterocycles. The zero-order chi connectivity index (χ0) is 19.1. The summed E-state index contributed by atoms with van der Waals surface area (Å²) < 4.78 is 0. The van der Waals surface area contributed by atoms with Gasteiger partial charge in [0.05, 0.1) is 5.39 Å². The highest BCUT2D eigenvalue weighted by atomic mass is 16.2. The summed E-state index contributed by atoms with van der Waals surface area (Å²) in [6.07, 6.45) is 9.03. The van der Waals surface area contributed by atoms with Crippen LogP contribution in [0.15, 0.2) is 29.1 Å². The second kappa shape index (κ2) is 7.22. The van der Waals surface area contributed by atoms with Crippen molar-refractivity contribution in [2.45, 2.75) is 51.4 Å². The first-order valence-electron chi connectivity index (χ1n) is 10.8. The number of hydrogen-bond donors (Lipinski definition) is 1. The highest BCUT2D eigenvalue weighted by Crippen LogP contribution is 2.49. The summed E-state index contributed by atoms with van der Waals surface area (Å²) in [6, 6.07) is 7.58. The maximum absolute atomic E-state index is 12.9. The molecule has 0 radical (unpaired) electrons. The van der Waals surface area contributed by atoms with Crippen LogP contribution in [0.2, 0.25) is 0 Å². The van der Waals surface area contributed by atoms with Crippen molar-refractivity contribution in [1.29, 1.82) is 0 Å². The highest BCUT2D eigenvalue weighted by Gasteiger charge is 2.40. The molecule has 2 heterocycles. The van der Waals surface area contributed by atoms with Gasteiger partial charge in [0, 0.05) is 24.9 Å². The maximum Gasteiger partial charge on any atom is 0.294 e. The Morgan fingerprint density at radius 1 is 1.07 bits per heavy atom. The van der Waals surface area contributed by atoms with Crippen molar-refractivity contribution in [3.05, 3.63) is 34.6 Å². The van der Waals surface area contributed by atoms with Crippen LogP contribution in [-0.2, 0) is 4.79 Å². The van der Waals surface area contributed by atoms with E-state index in [0.717, 1.165) is 49.5 Å². The van der Waals surface area contributed by atoms with Crippen LogP contribution in [0.25, 0.3) is 10.8 Å². The SMILES string of the molecule is O=C(CC1CC2CCC1C2)Nn1nc(N2CCCCC2)c2ccccc2c1=O. The third-order valence-corrected chi connectivity index (χ3v) is 7.00. The summed E-state index contributed by atoms with van der Waals surface area (Å²) in [4.78, 5) is 29.0. The topological polar surface area (TPSA) is 67.2 Å². The summed E-state index contributed by atoms with van der Waals surface area (Å²) in [5.41, 5.74) is 2.54. The molecule has 3 unspecified atom stereocenters. The van der Waals surface area contributed by atoms with Crippen molar-refractivity contribution in [2.24, 2.45) is 17.8 Å². The number of fused-ring (bicyclic) bond motifs is 3. The van der Waals surface area contributed by atoms with Crippen LogP contribution in [0.5, 0.6) is 0 Å². The molecule has 148 valence electrons. The molecule has 1 aromatic heterocycles. The van der Waals surface area contributed by atoms with Crippen molar-refractivity contribution in [2.75, 3.05) is 23.4 Å². The molecule has 1 amide bonds. The Morgan fingerprint density at radius 2 is 1.86 bits per heavy atom. The Morgan fingerprint density at radius 3 is 2.57 bits per heavy atom. The van der Waals surface area contributed by atoms with E-state index in [1.54, 1.807) is 0 Å². The Hall–Kier alpha value is -2.37. The minimum absolute atomic E-state index is 0.0907. The van der Waals surface area contributed by atoms with Crippen molar-refractivity contribution in [3.63, 3.8) is 0 Å². The van der Waals surface area contributed by atoms with Gasteiger partial charge in [-0.1, -0.05) is 24.6 Å². The molecule has 1 saturated heterocycles. The summed E-state index contributed by atoms with van der Waals surface area (Å²) in [5.74, 6) is 2.69. The number of piperidine rings is 1. The number of anilines is 1. The molecule has 2 bridgehead atoms. The first-order chi connectivity index (χ1) is 13.7. The molecular formula is C22H28N4O2. The van der Waals surface area contributed by atoms with E-state index in [1.807, 2.05) is 24.3 Å². The first kappa shape index (κ1) is 17.7. The molecule has 2 aromatic rings. The summed E-state index contributed by atoms with van der Waals surface area (Å²) in [6.45, 7) is 1.88. The van der Waals surface area contributed by atoms with Gasteiger partial charge in [0.1, 0.15) is 0 Å². The lowest BCUT2D eigenvalue weighted by molar-refractivity contribution is -0.118. The summed E-state index contributed by atoms with van der Waals surface area (Å²) in [7, 11) is 0. The van der Waals surface area contributed by atoms with E-state index in [9.17, 15) is 9.59 Å². The Balaban J connectivity index is 1.42. The lowest BCUT2D eigenvalue weighted by atomic mass is 9.86. The number of benzene rings is 1.